The highest BCUT2D eigenvalue weighted by Crippen LogP contribution is 2.29. The van der Waals surface area contributed by atoms with Crippen molar-refractivity contribution in [1.29, 1.82) is 0 Å². The topological polar surface area (TPSA) is 30.9 Å². The second kappa shape index (κ2) is 5.15. The Labute approximate surface area is 109 Å². The van der Waals surface area contributed by atoms with Crippen LogP contribution in [0.1, 0.15) is 31.2 Å². The van der Waals surface area contributed by atoms with Gasteiger partial charge in [-0.2, -0.15) is 0 Å². The molecule has 0 amide bonds. The lowest BCUT2D eigenvalue weighted by Crippen LogP contribution is -2.17. The van der Waals surface area contributed by atoms with Gasteiger partial charge >= 0.3 is 0 Å². The lowest BCUT2D eigenvalue weighted by Gasteiger charge is -2.26. The molecule has 0 radical (unpaired) electrons. The number of hydrogen-bond donors (Lipinski definition) is 1. The van der Waals surface area contributed by atoms with E-state index in [-0.39, 0.29) is 0 Å². The molecule has 2 aromatic rings. The van der Waals surface area contributed by atoms with E-state index in [0.29, 0.717) is 0 Å². The van der Waals surface area contributed by atoms with Crippen LogP contribution < -0.4 is 5.73 Å². The van der Waals surface area contributed by atoms with Gasteiger partial charge in [-0.3, -0.25) is 0 Å². The second-order valence-electron chi connectivity index (χ2n) is 5.55. The molecule has 0 unspecified atom stereocenters. The summed E-state index contributed by atoms with van der Waals surface area (Å²) in [5.41, 5.74) is 8.40. The molecule has 1 saturated carbocycles. The molecular formula is C16H22N2. The lowest BCUT2D eigenvalue weighted by molar-refractivity contribution is 0.280. The van der Waals surface area contributed by atoms with Crippen LogP contribution in [0.15, 0.2) is 30.5 Å². The minimum Gasteiger partial charge on any atom is -0.347 e. The van der Waals surface area contributed by atoms with Crippen molar-refractivity contribution in [2.75, 3.05) is 6.54 Å². The van der Waals surface area contributed by atoms with Crippen molar-refractivity contribution in [3.8, 4) is 0 Å². The minimum atomic E-state index is 0.779. The molecule has 1 aromatic heterocycles. The average molecular weight is 242 g/mol. The Kier molecular flexibility index (Phi) is 3.37. The fraction of sp³-hybridized carbons (Fsp3) is 0.500. The number of benzene rings is 1. The van der Waals surface area contributed by atoms with Gasteiger partial charge in [-0.25, -0.2) is 0 Å². The quantitative estimate of drug-likeness (QED) is 0.856. The van der Waals surface area contributed by atoms with Gasteiger partial charge in [0.1, 0.15) is 0 Å². The van der Waals surface area contributed by atoms with Crippen LogP contribution in [-0.2, 0) is 13.0 Å². The summed E-state index contributed by atoms with van der Waals surface area (Å²) in [6.45, 7) is 1.98. The van der Waals surface area contributed by atoms with Gasteiger partial charge in [-0.1, -0.05) is 18.6 Å². The van der Waals surface area contributed by atoms with Crippen molar-refractivity contribution < 1.29 is 0 Å². The van der Waals surface area contributed by atoms with E-state index < -0.39 is 0 Å². The molecular weight excluding hydrogens is 220 g/mol. The van der Waals surface area contributed by atoms with E-state index in [1.807, 2.05) is 0 Å². The van der Waals surface area contributed by atoms with E-state index in [2.05, 4.69) is 35.0 Å². The molecule has 0 spiro atoms. The molecule has 1 aliphatic rings. The zero-order valence-corrected chi connectivity index (χ0v) is 10.9. The van der Waals surface area contributed by atoms with Crippen LogP contribution in [0, 0.1) is 5.92 Å². The molecule has 3 rings (SSSR count). The fourth-order valence-electron chi connectivity index (χ4n) is 2.80. The second-order valence-corrected chi connectivity index (χ2v) is 5.55. The highest BCUT2D eigenvalue weighted by molar-refractivity contribution is 5.80. The van der Waals surface area contributed by atoms with Gasteiger partial charge in [0.15, 0.2) is 0 Å². The van der Waals surface area contributed by atoms with E-state index in [9.17, 15) is 0 Å². The van der Waals surface area contributed by atoms with Crippen LogP contribution in [0.4, 0.5) is 0 Å². The standard InChI is InChI=1S/C16H22N2/c17-9-2-5-13-6-7-15-8-10-18(16(15)11-13)12-14-3-1-4-14/h6-8,10-11,14H,1-5,9,12,17H2. The molecule has 1 aromatic carbocycles. The molecule has 0 atom stereocenters. The Morgan fingerprint density at radius 2 is 2.11 bits per heavy atom. The number of fused-ring (bicyclic) bond motifs is 1. The summed E-state index contributed by atoms with van der Waals surface area (Å²) in [5.74, 6) is 0.910. The predicted octanol–water partition coefficient (Wildman–Crippen LogP) is 3.33. The van der Waals surface area contributed by atoms with Crippen LogP contribution in [0.5, 0.6) is 0 Å². The first-order valence-corrected chi connectivity index (χ1v) is 7.14. The molecule has 1 aliphatic carbocycles. The third kappa shape index (κ3) is 2.30. The number of hydrogen-bond acceptors (Lipinski definition) is 1. The van der Waals surface area contributed by atoms with Crippen LogP contribution in [0.25, 0.3) is 10.9 Å². The average Bonchev–Trinajstić information content (AvgIpc) is 2.74. The smallest absolute Gasteiger partial charge is 0.0483 e. The van der Waals surface area contributed by atoms with Crippen LogP contribution in [-0.4, -0.2) is 11.1 Å². The predicted molar refractivity (Wildman–Crippen MR) is 76.7 cm³/mol. The Balaban J connectivity index is 1.84. The number of rotatable bonds is 5. The molecule has 2 heteroatoms. The zero-order valence-electron chi connectivity index (χ0n) is 10.9. The molecule has 1 heterocycles. The SMILES string of the molecule is NCCCc1ccc2ccn(CC3CCC3)c2c1. The van der Waals surface area contributed by atoms with E-state index in [4.69, 9.17) is 5.73 Å². The van der Waals surface area contributed by atoms with Crippen LogP contribution in [0.2, 0.25) is 0 Å². The summed E-state index contributed by atoms with van der Waals surface area (Å²) >= 11 is 0. The Morgan fingerprint density at radius 3 is 2.83 bits per heavy atom. The molecule has 96 valence electrons. The van der Waals surface area contributed by atoms with Crippen molar-refractivity contribution in [3.63, 3.8) is 0 Å². The van der Waals surface area contributed by atoms with Crippen molar-refractivity contribution in [1.82, 2.24) is 4.57 Å². The van der Waals surface area contributed by atoms with E-state index in [0.717, 1.165) is 25.3 Å². The third-order valence-corrected chi connectivity index (χ3v) is 4.19. The molecule has 0 aliphatic heterocycles. The zero-order chi connectivity index (χ0) is 12.4. The van der Waals surface area contributed by atoms with Crippen molar-refractivity contribution in [2.45, 2.75) is 38.6 Å². The van der Waals surface area contributed by atoms with Gasteiger partial charge in [-0.15, -0.1) is 0 Å². The first-order valence-electron chi connectivity index (χ1n) is 7.14. The Bertz CT molecular complexity index is 523. The first kappa shape index (κ1) is 11.8. The summed E-state index contributed by atoms with van der Waals surface area (Å²) in [4.78, 5) is 0. The number of nitrogens with two attached hydrogens (primary N) is 1. The molecule has 2 N–H and O–H groups in total. The molecule has 18 heavy (non-hydrogen) atoms. The van der Waals surface area contributed by atoms with Gasteiger partial charge < -0.3 is 10.3 Å². The molecule has 2 nitrogen and oxygen atoms in total. The highest BCUT2D eigenvalue weighted by Gasteiger charge is 2.18. The summed E-state index contributed by atoms with van der Waals surface area (Å²) in [6, 6.07) is 9.08. The monoisotopic (exact) mass is 242 g/mol. The fourth-order valence-corrected chi connectivity index (χ4v) is 2.80. The van der Waals surface area contributed by atoms with E-state index >= 15 is 0 Å². The normalized spacial score (nSPS) is 16.1. The maximum atomic E-state index is 5.59. The van der Waals surface area contributed by atoms with Crippen molar-refractivity contribution >= 4 is 10.9 Å². The van der Waals surface area contributed by atoms with Gasteiger partial charge in [0, 0.05) is 18.3 Å². The summed E-state index contributed by atoms with van der Waals surface area (Å²) in [7, 11) is 0. The molecule has 0 bridgehead atoms. The summed E-state index contributed by atoms with van der Waals surface area (Å²) < 4.78 is 2.44. The number of aromatic nitrogens is 1. The van der Waals surface area contributed by atoms with Gasteiger partial charge in [0.25, 0.3) is 0 Å². The Hall–Kier alpha value is -1.28. The number of nitrogens with zero attached hydrogens (tertiary/aromatic N) is 1. The summed E-state index contributed by atoms with van der Waals surface area (Å²) in [5, 5.41) is 1.37. The minimum absolute atomic E-state index is 0.779. The summed E-state index contributed by atoms with van der Waals surface area (Å²) in [6.07, 6.45) is 8.66. The molecule has 1 fully saturated rings. The Morgan fingerprint density at radius 1 is 1.22 bits per heavy atom. The largest absolute Gasteiger partial charge is 0.347 e. The van der Waals surface area contributed by atoms with Gasteiger partial charge in [-0.05, 0) is 61.2 Å². The molecule has 0 saturated heterocycles. The first-order chi connectivity index (χ1) is 8.86. The van der Waals surface area contributed by atoms with Gasteiger partial charge in [0.2, 0.25) is 0 Å². The van der Waals surface area contributed by atoms with E-state index in [1.54, 1.807) is 0 Å². The van der Waals surface area contributed by atoms with Crippen LogP contribution >= 0.6 is 0 Å². The maximum absolute atomic E-state index is 5.59. The van der Waals surface area contributed by atoms with Gasteiger partial charge in [0.05, 0.1) is 0 Å². The third-order valence-electron chi connectivity index (χ3n) is 4.19. The van der Waals surface area contributed by atoms with E-state index in [1.165, 1.54) is 42.3 Å². The number of aryl methyl sites for hydroxylation is 1. The lowest BCUT2D eigenvalue weighted by atomic mass is 9.85. The van der Waals surface area contributed by atoms with Crippen LogP contribution in [0.3, 0.4) is 0 Å². The highest BCUT2D eigenvalue weighted by atomic mass is 15.0. The van der Waals surface area contributed by atoms with Crippen molar-refractivity contribution in [3.05, 3.63) is 36.0 Å². The van der Waals surface area contributed by atoms with Crippen molar-refractivity contribution in [2.24, 2.45) is 11.7 Å². The maximum Gasteiger partial charge on any atom is 0.0483 e.